The summed E-state index contributed by atoms with van der Waals surface area (Å²) in [7, 11) is 0. The van der Waals surface area contributed by atoms with Gasteiger partial charge in [-0.2, -0.15) is 15.0 Å². The average molecular weight is 383 g/mol. The number of hydrogen-bond donors (Lipinski definition) is 1. The van der Waals surface area contributed by atoms with E-state index in [4.69, 9.17) is 0 Å². The van der Waals surface area contributed by atoms with Crippen molar-refractivity contribution in [3.63, 3.8) is 0 Å². The first kappa shape index (κ1) is 18.1. The number of nitriles is 1. The second-order valence-electron chi connectivity index (χ2n) is 6.17. The molecule has 0 saturated heterocycles. The summed E-state index contributed by atoms with van der Waals surface area (Å²) in [6.45, 7) is 0. The zero-order valence-electron chi connectivity index (χ0n) is 15.1. The first-order chi connectivity index (χ1) is 14.1. The van der Waals surface area contributed by atoms with E-state index < -0.39 is 5.91 Å². The summed E-state index contributed by atoms with van der Waals surface area (Å²) in [6.07, 6.45) is 4.23. The van der Waals surface area contributed by atoms with Gasteiger partial charge in [-0.05, 0) is 42.0 Å². The molecule has 6 nitrogen and oxygen atoms in total. The molecule has 2 aromatic heterocycles. The fraction of sp³-hybridized carbons (Fsp3) is 0. The van der Waals surface area contributed by atoms with Crippen LogP contribution in [0.15, 0.2) is 72.9 Å². The largest absolute Gasteiger partial charge is 0.306 e. The standard InChI is InChI=1S/C22H14FN5O/c23-18-9-5-15(6-10-18)7-12-21(29)27-22-17(13-24)14-25-28(22)20-11-8-16-3-1-2-4-19(16)26-20/h1-12,14H,(H,27,29)/b12-7+. The molecule has 0 aliphatic heterocycles. The van der Waals surface area contributed by atoms with Crippen molar-refractivity contribution in [2.45, 2.75) is 0 Å². The number of amides is 1. The van der Waals surface area contributed by atoms with E-state index in [-0.39, 0.29) is 17.2 Å². The Morgan fingerprint density at radius 3 is 2.69 bits per heavy atom. The Labute approximate surface area is 165 Å². The van der Waals surface area contributed by atoms with Crippen LogP contribution in [0.4, 0.5) is 10.2 Å². The number of nitrogens with zero attached hydrogens (tertiary/aromatic N) is 4. The number of halogens is 1. The van der Waals surface area contributed by atoms with Crippen LogP contribution in [-0.4, -0.2) is 20.7 Å². The maximum absolute atomic E-state index is 13.0. The van der Waals surface area contributed by atoms with Crippen molar-refractivity contribution in [2.75, 3.05) is 5.32 Å². The monoisotopic (exact) mass is 383 g/mol. The Bertz CT molecular complexity index is 1270. The number of benzene rings is 2. The molecule has 0 bridgehead atoms. The highest BCUT2D eigenvalue weighted by Gasteiger charge is 2.15. The smallest absolute Gasteiger partial charge is 0.249 e. The van der Waals surface area contributed by atoms with Crippen LogP contribution >= 0.6 is 0 Å². The molecule has 2 heterocycles. The third kappa shape index (κ3) is 3.87. The van der Waals surface area contributed by atoms with E-state index in [2.05, 4.69) is 15.4 Å². The molecule has 0 spiro atoms. The number of carbonyl (C=O) groups excluding carboxylic acids is 1. The van der Waals surface area contributed by atoms with Crippen LogP contribution in [-0.2, 0) is 4.79 Å². The van der Waals surface area contributed by atoms with Gasteiger partial charge < -0.3 is 5.32 Å². The van der Waals surface area contributed by atoms with Crippen LogP contribution in [0.25, 0.3) is 22.8 Å². The van der Waals surface area contributed by atoms with Crippen LogP contribution in [0, 0.1) is 17.1 Å². The van der Waals surface area contributed by atoms with E-state index >= 15 is 0 Å². The summed E-state index contributed by atoms with van der Waals surface area (Å²) in [5.74, 6) is -0.0996. The molecule has 4 rings (SSSR count). The van der Waals surface area contributed by atoms with E-state index in [0.717, 1.165) is 10.9 Å². The molecule has 0 saturated carbocycles. The topological polar surface area (TPSA) is 83.6 Å². The molecule has 4 aromatic rings. The van der Waals surface area contributed by atoms with Crippen molar-refractivity contribution >= 4 is 28.7 Å². The number of nitrogens with one attached hydrogen (secondary N) is 1. The van der Waals surface area contributed by atoms with Gasteiger partial charge in [0.15, 0.2) is 11.6 Å². The maximum Gasteiger partial charge on any atom is 0.249 e. The molecule has 0 radical (unpaired) electrons. The number of pyridine rings is 1. The average Bonchev–Trinajstić information content (AvgIpc) is 3.15. The maximum atomic E-state index is 13.0. The van der Waals surface area contributed by atoms with Gasteiger partial charge in [-0.15, -0.1) is 0 Å². The molecule has 0 aliphatic rings. The Balaban J connectivity index is 1.63. The van der Waals surface area contributed by atoms with Crippen molar-refractivity contribution in [3.05, 3.63) is 89.9 Å². The molecule has 1 N–H and O–H groups in total. The minimum absolute atomic E-state index is 0.212. The van der Waals surface area contributed by atoms with Gasteiger partial charge in [0, 0.05) is 11.5 Å². The van der Waals surface area contributed by atoms with Gasteiger partial charge in [-0.1, -0.05) is 30.3 Å². The van der Waals surface area contributed by atoms with E-state index in [1.54, 1.807) is 24.3 Å². The lowest BCUT2D eigenvalue weighted by atomic mass is 10.2. The number of anilines is 1. The first-order valence-corrected chi connectivity index (χ1v) is 8.73. The third-order valence-electron chi connectivity index (χ3n) is 4.23. The molecule has 140 valence electrons. The fourth-order valence-electron chi connectivity index (χ4n) is 2.80. The van der Waals surface area contributed by atoms with Gasteiger partial charge in [0.2, 0.25) is 5.91 Å². The minimum atomic E-state index is -0.451. The third-order valence-corrected chi connectivity index (χ3v) is 4.23. The molecule has 1 amide bonds. The number of rotatable bonds is 4. The molecule has 0 atom stereocenters. The van der Waals surface area contributed by atoms with Gasteiger partial charge in [-0.3, -0.25) is 4.79 Å². The van der Waals surface area contributed by atoms with Crippen LogP contribution < -0.4 is 5.32 Å². The van der Waals surface area contributed by atoms with Gasteiger partial charge in [0.05, 0.1) is 11.7 Å². The van der Waals surface area contributed by atoms with Crippen LogP contribution in [0.3, 0.4) is 0 Å². The Hall–Kier alpha value is -4.31. The molecule has 7 heteroatoms. The molecule has 2 aromatic carbocycles. The van der Waals surface area contributed by atoms with Gasteiger partial charge >= 0.3 is 0 Å². The van der Waals surface area contributed by atoms with Crippen molar-refractivity contribution < 1.29 is 9.18 Å². The fourth-order valence-corrected chi connectivity index (χ4v) is 2.80. The quantitative estimate of drug-likeness (QED) is 0.538. The molecule has 0 fully saturated rings. The summed E-state index contributed by atoms with van der Waals surface area (Å²) in [6, 6.07) is 19.0. The Morgan fingerprint density at radius 1 is 1.10 bits per heavy atom. The van der Waals surface area contributed by atoms with E-state index in [0.29, 0.717) is 11.4 Å². The number of fused-ring (bicyclic) bond motifs is 1. The number of para-hydroxylation sites is 1. The summed E-state index contributed by atoms with van der Waals surface area (Å²) in [5.41, 5.74) is 1.66. The van der Waals surface area contributed by atoms with Crippen molar-refractivity contribution in [1.29, 1.82) is 5.26 Å². The van der Waals surface area contributed by atoms with Crippen LogP contribution in [0.2, 0.25) is 0 Å². The Morgan fingerprint density at radius 2 is 1.90 bits per heavy atom. The van der Waals surface area contributed by atoms with E-state index in [1.165, 1.54) is 29.1 Å². The second kappa shape index (κ2) is 7.74. The molecule has 0 aliphatic carbocycles. The predicted octanol–water partition coefficient (Wildman–Crippen LogP) is 4.08. The van der Waals surface area contributed by atoms with Crippen molar-refractivity contribution in [2.24, 2.45) is 0 Å². The predicted molar refractivity (Wildman–Crippen MR) is 108 cm³/mol. The lowest BCUT2D eigenvalue weighted by Gasteiger charge is -2.08. The molecular weight excluding hydrogens is 369 g/mol. The second-order valence-corrected chi connectivity index (χ2v) is 6.17. The van der Waals surface area contributed by atoms with Gasteiger partial charge in [0.1, 0.15) is 17.4 Å². The number of aromatic nitrogens is 3. The number of carbonyl (C=O) groups is 1. The highest BCUT2D eigenvalue weighted by molar-refractivity contribution is 6.02. The highest BCUT2D eigenvalue weighted by atomic mass is 19.1. The van der Waals surface area contributed by atoms with Crippen molar-refractivity contribution in [3.8, 4) is 11.9 Å². The zero-order valence-corrected chi connectivity index (χ0v) is 15.1. The summed E-state index contributed by atoms with van der Waals surface area (Å²) >= 11 is 0. The normalized spacial score (nSPS) is 10.9. The highest BCUT2D eigenvalue weighted by Crippen LogP contribution is 2.21. The van der Waals surface area contributed by atoms with Gasteiger partial charge in [-0.25, -0.2) is 9.37 Å². The summed E-state index contributed by atoms with van der Waals surface area (Å²) in [4.78, 5) is 16.9. The molecular formula is C22H14FN5O. The zero-order chi connectivity index (χ0) is 20.2. The van der Waals surface area contributed by atoms with E-state index in [9.17, 15) is 14.4 Å². The van der Waals surface area contributed by atoms with Crippen molar-refractivity contribution in [1.82, 2.24) is 14.8 Å². The minimum Gasteiger partial charge on any atom is -0.306 e. The van der Waals surface area contributed by atoms with Crippen LogP contribution in [0.5, 0.6) is 0 Å². The van der Waals surface area contributed by atoms with Gasteiger partial charge in [0.25, 0.3) is 0 Å². The molecule has 29 heavy (non-hydrogen) atoms. The summed E-state index contributed by atoms with van der Waals surface area (Å²) in [5, 5.41) is 17.2. The summed E-state index contributed by atoms with van der Waals surface area (Å²) < 4.78 is 14.4. The van der Waals surface area contributed by atoms with E-state index in [1.807, 2.05) is 36.4 Å². The SMILES string of the molecule is N#Cc1cnn(-c2ccc3ccccc3n2)c1NC(=O)/C=C/c1ccc(F)cc1. The lowest BCUT2D eigenvalue weighted by Crippen LogP contribution is -2.14. The molecule has 0 unspecified atom stereocenters. The first-order valence-electron chi connectivity index (χ1n) is 8.73. The lowest BCUT2D eigenvalue weighted by molar-refractivity contribution is -0.111. The Kier molecular flexibility index (Phi) is 4.82. The number of hydrogen-bond acceptors (Lipinski definition) is 4. The van der Waals surface area contributed by atoms with Crippen LogP contribution in [0.1, 0.15) is 11.1 Å².